The van der Waals surface area contributed by atoms with Crippen LogP contribution in [-0.2, 0) is 4.84 Å². The standard InChI is InChI=1S/C26H25NO3S/c1-2-3-6-15-24(27-30-26(29)21-11-7-4-8-12-21)25(28)20-16-18-23(19-17-20)31-22-13-9-5-10-14-22/h4-5,7-14,16-19H,2-3,6,15H2,1H3. The first-order chi connectivity index (χ1) is 15.2. The molecule has 0 fully saturated rings. The number of hydrogen-bond donors (Lipinski definition) is 0. The number of Topliss-reactive ketones (excluding diaryl/α,β-unsaturated/α-hetero) is 1. The fraction of sp³-hybridized carbons (Fsp3) is 0.192. The molecule has 4 nitrogen and oxygen atoms in total. The lowest BCUT2D eigenvalue weighted by molar-refractivity contribution is 0.0514. The van der Waals surface area contributed by atoms with E-state index in [1.165, 1.54) is 0 Å². The predicted octanol–water partition coefficient (Wildman–Crippen LogP) is 6.81. The van der Waals surface area contributed by atoms with Crippen LogP contribution >= 0.6 is 11.8 Å². The van der Waals surface area contributed by atoms with E-state index in [2.05, 4.69) is 12.1 Å². The maximum Gasteiger partial charge on any atom is 0.365 e. The molecule has 3 rings (SSSR count). The smallest absolute Gasteiger partial charge is 0.312 e. The van der Waals surface area contributed by atoms with Crippen LogP contribution in [0.2, 0.25) is 0 Å². The van der Waals surface area contributed by atoms with Gasteiger partial charge in [-0.1, -0.05) is 73.1 Å². The topological polar surface area (TPSA) is 55.7 Å². The Bertz CT molecular complexity index is 1020. The Kier molecular flexibility index (Phi) is 8.61. The Labute approximate surface area is 187 Å². The number of oxime groups is 1. The Morgan fingerprint density at radius 1 is 0.774 bits per heavy atom. The minimum atomic E-state index is -0.573. The van der Waals surface area contributed by atoms with Crippen molar-refractivity contribution in [1.82, 2.24) is 0 Å². The van der Waals surface area contributed by atoms with E-state index in [0.29, 0.717) is 17.5 Å². The molecule has 0 saturated heterocycles. The lowest BCUT2D eigenvalue weighted by Gasteiger charge is -2.07. The van der Waals surface area contributed by atoms with E-state index >= 15 is 0 Å². The molecule has 0 bridgehead atoms. The molecule has 5 heteroatoms. The molecule has 0 N–H and O–H groups in total. The van der Waals surface area contributed by atoms with Gasteiger partial charge in [0.25, 0.3) is 0 Å². The Morgan fingerprint density at radius 2 is 1.39 bits per heavy atom. The molecule has 0 unspecified atom stereocenters. The first-order valence-electron chi connectivity index (χ1n) is 10.4. The highest BCUT2D eigenvalue weighted by Gasteiger charge is 2.16. The van der Waals surface area contributed by atoms with Crippen molar-refractivity contribution in [1.29, 1.82) is 0 Å². The maximum atomic E-state index is 13.0. The van der Waals surface area contributed by atoms with Gasteiger partial charge < -0.3 is 4.84 Å². The summed E-state index contributed by atoms with van der Waals surface area (Å²) in [4.78, 5) is 32.5. The van der Waals surface area contributed by atoms with Gasteiger partial charge in [0.05, 0.1) is 5.56 Å². The summed E-state index contributed by atoms with van der Waals surface area (Å²) in [6, 6.07) is 26.1. The van der Waals surface area contributed by atoms with E-state index in [1.54, 1.807) is 48.2 Å². The van der Waals surface area contributed by atoms with Gasteiger partial charge in [-0.15, -0.1) is 0 Å². The van der Waals surface area contributed by atoms with Crippen molar-refractivity contribution in [2.45, 2.75) is 42.4 Å². The number of benzene rings is 3. The van der Waals surface area contributed by atoms with E-state index in [0.717, 1.165) is 29.1 Å². The van der Waals surface area contributed by atoms with Crippen LogP contribution in [0.3, 0.4) is 0 Å². The van der Waals surface area contributed by atoms with E-state index in [1.807, 2.05) is 48.5 Å². The maximum absolute atomic E-state index is 13.0. The summed E-state index contributed by atoms with van der Waals surface area (Å²) in [5.74, 6) is -0.788. The molecule has 158 valence electrons. The lowest BCUT2D eigenvalue weighted by Crippen LogP contribution is -2.16. The van der Waals surface area contributed by atoms with Crippen molar-refractivity contribution in [3.05, 3.63) is 96.1 Å². The summed E-state index contributed by atoms with van der Waals surface area (Å²) in [6.45, 7) is 2.09. The van der Waals surface area contributed by atoms with Crippen LogP contribution in [0.1, 0.15) is 53.3 Å². The first kappa shape index (κ1) is 22.5. The van der Waals surface area contributed by atoms with Crippen molar-refractivity contribution < 1.29 is 14.4 Å². The van der Waals surface area contributed by atoms with E-state index < -0.39 is 5.97 Å². The van der Waals surface area contributed by atoms with Gasteiger partial charge in [0, 0.05) is 15.4 Å². The molecule has 0 heterocycles. The third kappa shape index (κ3) is 6.93. The third-order valence-electron chi connectivity index (χ3n) is 4.62. The zero-order chi connectivity index (χ0) is 21.9. The molecule has 3 aromatic rings. The molecule has 0 spiro atoms. The van der Waals surface area contributed by atoms with E-state index in [4.69, 9.17) is 4.84 Å². The normalized spacial score (nSPS) is 11.2. The Morgan fingerprint density at radius 3 is 2.03 bits per heavy atom. The largest absolute Gasteiger partial charge is 0.365 e. The molecule has 31 heavy (non-hydrogen) atoms. The van der Waals surface area contributed by atoms with Gasteiger partial charge in [-0.05, 0) is 61.4 Å². The second-order valence-corrected chi connectivity index (χ2v) is 8.16. The summed E-state index contributed by atoms with van der Waals surface area (Å²) < 4.78 is 0. The molecule has 0 aliphatic carbocycles. The molecule has 3 aromatic carbocycles. The average molecular weight is 432 g/mol. The lowest BCUT2D eigenvalue weighted by atomic mass is 10.0. The van der Waals surface area contributed by atoms with Gasteiger partial charge in [0.1, 0.15) is 5.71 Å². The van der Waals surface area contributed by atoms with Crippen LogP contribution in [-0.4, -0.2) is 17.5 Å². The molecular formula is C26H25NO3S. The van der Waals surface area contributed by atoms with Crippen LogP contribution in [0.5, 0.6) is 0 Å². The summed E-state index contributed by atoms with van der Waals surface area (Å²) in [5.41, 5.74) is 1.19. The summed E-state index contributed by atoms with van der Waals surface area (Å²) in [5, 5.41) is 3.95. The second-order valence-electron chi connectivity index (χ2n) is 7.01. The highest BCUT2D eigenvalue weighted by molar-refractivity contribution is 7.99. The quantitative estimate of drug-likeness (QED) is 0.116. The SMILES string of the molecule is CCCCCC(=NOC(=O)c1ccccc1)C(=O)c1ccc(Sc2ccccc2)cc1. The summed E-state index contributed by atoms with van der Waals surface area (Å²) >= 11 is 1.63. The predicted molar refractivity (Wildman–Crippen MR) is 125 cm³/mol. The molecule has 0 radical (unpaired) electrons. The molecule has 0 saturated carbocycles. The molecule has 0 atom stereocenters. The monoisotopic (exact) mass is 431 g/mol. The van der Waals surface area contributed by atoms with E-state index in [-0.39, 0.29) is 11.5 Å². The van der Waals surface area contributed by atoms with Crippen LogP contribution in [0.25, 0.3) is 0 Å². The van der Waals surface area contributed by atoms with Crippen LogP contribution in [0, 0.1) is 0 Å². The van der Waals surface area contributed by atoms with Gasteiger partial charge >= 0.3 is 5.97 Å². The highest BCUT2D eigenvalue weighted by Crippen LogP contribution is 2.27. The van der Waals surface area contributed by atoms with Crippen molar-refractivity contribution >= 4 is 29.2 Å². The number of nitrogens with zero attached hydrogens (tertiary/aromatic N) is 1. The number of rotatable bonds is 10. The number of carbonyl (C=O) groups is 2. The molecule has 0 aromatic heterocycles. The fourth-order valence-corrected chi connectivity index (χ4v) is 3.77. The van der Waals surface area contributed by atoms with Gasteiger partial charge in [0.2, 0.25) is 5.78 Å². The van der Waals surface area contributed by atoms with E-state index in [9.17, 15) is 9.59 Å². The number of carbonyl (C=O) groups excluding carboxylic acids is 2. The Hall–Kier alpha value is -3.18. The van der Waals surface area contributed by atoms with Gasteiger partial charge in [-0.3, -0.25) is 4.79 Å². The number of unbranched alkanes of at least 4 members (excludes halogenated alkanes) is 2. The van der Waals surface area contributed by atoms with Gasteiger partial charge in [0.15, 0.2) is 0 Å². The third-order valence-corrected chi connectivity index (χ3v) is 5.64. The van der Waals surface area contributed by atoms with Gasteiger partial charge in [-0.25, -0.2) is 4.79 Å². The minimum absolute atomic E-state index is 0.215. The summed E-state index contributed by atoms with van der Waals surface area (Å²) in [7, 11) is 0. The van der Waals surface area contributed by atoms with Crippen molar-refractivity contribution in [2.75, 3.05) is 0 Å². The zero-order valence-electron chi connectivity index (χ0n) is 17.5. The molecular weight excluding hydrogens is 406 g/mol. The number of hydrogen-bond acceptors (Lipinski definition) is 5. The fourth-order valence-electron chi connectivity index (χ4n) is 2.93. The average Bonchev–Trinajstić information content (AvgIpc) is 2.82. The first-order valence-corrected chi connectivity index (χ1v) is 11.2. The van der Waals surface area contributed by atoms with Crippen molar-refractivity contribution in [3.8, 4) is 0 Å². The molecule has 0 aliphatic rings. The molecule has 0 amide bonds. The van der Waals surface area contributed by atoms with Gasteiger partial charge in [-0.2, -0.15) is 0 Å². The zero-order valence-corrected chi connectivity index (χ0v) is 18.3. The van der Waals surface area contributed by atoms with Crippen molar-refractivity contribution in [2.24, 2.45) is 5.16 Å². The van der Waals surface area contributed by atoms with Crippen molar-refractivity contribution in [3.63, 3.8) is 0 Å². The molecule has 0 aliphatic heterocycles. The Balaban J connectivity index is 1.71. The van der Waals surface area contributed by atoms with Crippen LogP contribution < -0.4 is 0 Å². The minimum Gasteiger partial charge on any atom is -0.312 e. The summed E-state index contributed by atoms with van der Waals surface area (Å²) in [6.07, 6.45) is 3.28. The van der Waals surface area contributed by atoms with Crippen LogP contribution in [0.4, 0.5) is 0 Å². The number of ketones is 1. The second kappa shape index (κ2) is 11.9. The highest BCUT2D eigenvalue weighted by atomic mass is 32.2. The van der Waals surface area contributed by atoms with Crippen LogP contribution in [0.15, 0.2) is 99.9 Å².